The molecule has 0 aliphatic carbocycles. The van der Waals surface area contributed by atoms with Crippen molar-refractivity contribution in [2.45, 2.75) is 33.7 Å². The zero-order valence-electron chi connectivity index (χ0n) is 11.2. The van der Waals surface area contributed by atoms with Crippen molar-refractivity contribution >= 4 is 24.2 Å². The Bertz CT molecular complexity index is 252. The molecule has 6 heteroatoms. The van der Waals surface area contributed by atoms with Gasteiger partial charge in [0.05, 0.1) is 0 Å². The van der Waals surface area contributed by atoms with Crippen LogP contribution in [0.2, 0.25) is 0 Å². The number of carbonyl (C=O) groups is 2. The molecule has 0 rings (SSSR count). The molecule has 1 atom stereocenters. The zero-order chi connectivity index (χ0) is 12.8. The van der Waals surface area contributed by atoms with Crippen molar-refractivity contribution in [3.63, 3.8) is 0 Å². The summed E-state index contributed by atoms with van der Waals surface area (Å²) in [6, 6.07) is -0.497. The van der Waals surface area contributed by atoms with Gasteiger partial charge in [0.2, 0.25) is 11.8 Å². The standard InChI is InChI=1S/C11H23N3O2.ClH/c1-8(9(15)13-7-6-12-5)14-10(16)11(2,3)4;/h8,12H,6-7H2,1-5H3,(H,13,15)(H,14,16);1H. The predicted molar refractivity (Wildman–Crippen MR) is 71.2 cm³/mol. The van der Waals surface area contributed by atoms with Gasteiger partial charge in [0.25, 0.3) is 0 Å². The molecule has 17 heavy (non-hydrogen) atoms. The summed E-state index contributed by atoms with van der Waals surface area (Å²) in [5.74, 6) is -0.281. The van der Waals surface area contributed by atoms with E-state index in [1.165, 1.54) is 0 Å². The minimum atomic E-state index is -0.497. The van der Waals surface area contributed by atoms with Gasteiger partial charge in [-0.25, -0.2) is 0 Å². The molecule has 0 aromatic carbocycles. The molecular formula is C11H24ClN3O2. The lowest BCUT2D eigenvalue weighted by atomic mass is 9.95. The van der Waals surface area contributed by atoms with Crippen LogP contribution in [0.3, 0.4) is 0 Å². The molecular weight excluding hydrogens is 242 g/mol. The average molecular weight is 266 g/mol. The van der Waals surface area contributed by atoms with Crippen LogP contribution in [0.4, 0.5) is 0 Å². The molecule has 102 valence electrons. The molecule has 0 aliphatic heterocycles. The molecule has 2 amide bonds. The summed E-state index contributed by atoms with van der Waals surface area (Å²) < 4.78 is 0. The highest BCUT2D eigenvalue weighted by atomic mass is 35.5. The third-order valence-electron chi connectivity index (χ3n) is 2.10. The molecule has 0 saturated heterocycles. The summed E-state index contributed by atoms with van der Waals surface area (Å²) in [5, 5.41) is 8.32. The minimum Gasteiger partial charge on any atom is -0.353 e. The first-order valence-corrected chi connectivity index (χ1v) is 5.52. The SMILES string of the molecule is CNCCNC(=O)C(C)NC(=O)C(C)(C)C.Cl. The van der Waals surface area contributed by atoms with Gasteiger partial charge in [0, 0.05) is 18.5 Å². The Balaban J connectivity index is 0. The first kappa shape index (κ1) is 18.6. The monoisotopic (exact) mass is 265 g/mol. The van der Waals surface area contributed by atoms with E-state index < -0.39 is 11.5 Å². The van der Waals surface area contributed by atoms with Crippen LogP contribution in [0, 0.1) is 5.41 Å². The van der Waals surface area contributed by atoms with Crippen LogP contribution in [0.25, 0.3) is 0 Å². The van der Waals surface area contributed by atoms with Crippen LogP contribution in [0.5, 0.6) is 0 Å². The average Bonchev–Trinajstić information content (AvgIpc) is 2.16. The number of halogens is 1. The quantitative estimate of drug-likeness (QED) is 0.626. The highest BCUT2D eigenvalue weighted by molar-refractivity contribution is 5.89. The van der Waals surface area contributed by atoms with E-state index in [0.29, 0.717) is 13.1 Å². The lowest BCUT2D eigenvalue weighted by Crippen LogP contribution is -2.49. The van der Waals surface area contributed by atoms with Gasteiger partial charge in [-0.15, -0.1) is 12.4 Å². The van der Waals surface area contributed by atoms with Crippen LogP contribution >= 0.6 is 12.4 Å². The van der Waals surface area contributed by atoms with Crippen molar-refractivity contribution in [1.29, 1.82) is 0 Å². The Morgan fingerprint density at radius 3 is 2.12 bits per heavy atom. The second kappa shape index (κ2) is 8.31. The highest BCUT2D eigenvalue weighted by Crippen LogP contribution is 2.12. The molecule has 1 unspecified atom stereocenters. The van der Waals surface area contributed by atoms with Crippen molar-refractivity contribution < 1.29 is 9.59 Å². The minimum absolute atomic E-state index is 0. The van der Waals surface area contributed by atoms with Crippen LogP contribution in [0.1, 0.15) is 27.7 Å². The molecule has 0 aromatic rings. The molecule has 0 aromatic heterocycles. The van der Waals surface area contributed by atoms with E-state index in [9.17, 15) is 9.59 Å². The third kappa shape index (κ3) is 7.99. The van der Waals surface area contributed by atoms with E-state index >= 15 is 0 Å². The van der Waals surface area contributed by atoms with Crippen molar-refractivity contribution in [3.05, 3.63) is 0 Å². The van der Waals surface area contributed by atoms with E-state index in [0.717, 1.165) is 0 Å². The number of rotatable bonds is 5. The molecule has 0 spiro atoms. The van der Waals surface area contributed by atoms with Crippen LogP contribution in [-0.2, 0) is 9.59 Å². The summed E-state index contributed by atoms with van der Waals surface area (Å²) in [6.07, 6.45) is 0. The first-order chi connectivity index (χ1) is 7.29. The number of hydrogen-bond donors (Lipinski definition) is 3. The van der Waals surface area contributed by atoms with E-state index in [2.05, 4.69) is 16.0 Å². The number of carbonyl (C=O) groups excluding carboxylic acids is 2. The molecule has 0 saturated carbocycles. The van der Waals surface area contributed by atoms with E-state index in [1.807, 2.05) is 27.8 Å². The smallest absolute Gasteiger partial charge is 0.242 e. The van der Waals surface area contributed by atoms with E-state index in [-0.39, 0.29) is 24.2 Å². The molecule has 5 nitrogen and oxygen atoms in total. The van der Waals surface area contributed by atoms with Gasteiger partial charge in [-0.05, 0) is 14.0 Å². The summed E-state index contributed by atoms with van der Waals surface area (Å²) in [4.78, 5) is 23.1. The molecule has 0 bridgehead atoms. The van der Waals surface area contributed by atoms with Gasteiger partial charge in [-0.1, -0.05) is 20.8 Å². The number of nitrogens with one attached hydrogen (secondary N) is 3. The lowest BCUT2D eigenvalue weighted by molar-refractivity contribution is -0.133. The second-order valence-electron chi connectivity index (χ2n) is 4.84. The highest BCUT2D eigenvalue weighted by Gasteiger charge is 2.24. The molecule has 0 aliphatic rings. The number of amides is 2. The fourth-order valence-corrected chi connectivity index (χ4v) is 0.942. The Kier molecular flexibility index (Phi) is 9.06. The lowest BCUT2D eigenvalue weighted by Gasteiger charge is -2.21. The Labute approximate surface area is 110 Å². The normalized spacial score (nSPS) is 12.3. The molecule has 0 heterocycles. The van der Waals surface area contributed by atoms with Crippen molar-refractivity contribution in [2.24, 2.45) is 5.41 Å². The Hall–Kier alpha value is -0.810. The Morgan fingerprint density at radius 1 is 1.18 bits per heavy atom. The Morgan fingerprint density at radius 2 is 1.71 bits per heavy atom. The van der Waals surface area contributed by atoms with Gasteiger partial charge in [-0.2, -0.15) is 0 Å². The van der Waals surface area contributed by atoms with Crippen LogP contribution in [0.15, 0.2) is 0 Å². The molecule has 0 fully saturated rings. The van der Waals surface area contributed by atoms with Crippen molar-refractivity contribution in [1.82, 2.24) is 16.0 Å². The fraction of sp³-hybridized carbons (Fsp3) is 0.818. The summed E-state index contributed by atoms with van der Waals surface area (Å²) >= 11 is 0. The zero-order valence-corrected chi connectivity index (χ0v) is 12.0. The summed E-state index contributed by atoms with van der Waals surface area (Å²) in [5.41, 5.74) is -0.473. The van der Waals surface area contributed by atoms with Gasteiger partial charge in [0.1, 0.15) is 6.04 Å². The largest absolute Gasteiger partial charge is 0.353 e. The number of likely N-dealkylation sites (N-methyl/N-ethyl adjacent to an activating group) is 1. The summed E-state index contributed by atoms with van der Waals surface area (Å²) in [7, 11) is 1.82. The molecule has 0 radical (unpaired) electrons. The topological polar surface area (TPSA) is 70.2 Å². The van der Waals surface area contributed by atoms with Gasteiger partial charge in [-0.3, -0.25) is 9.59 Å². The van der Waals surface area contributed by atoms with Crippen LogP contribution < -0.4 is 16.0 Å². The van der Waals surface area contributed by atoms with Gasteiger partial charge in [0.15, 0.2) is 0 Å². The summed E-state index contributed by atoms with van der Waals surface area (Å²) in [6.45, 7) is 8.39. The maximum absolute atomic E-state index is 11.6. The fourth-order valence-electron chi connectivity index (χ4n) is 0.942. The van der Waals surface area contributed by atoms with E-state index in [4.69, 9.17) is 0 Å². The maximum Gasteiger partial charge on any atom is 0.242 e. The molecule has 3 N–H and O–H groups in total. The maximum atomic E-state index is 11.6. The van der Waals surface area contributed by atoms with Gasteiger partial charge < -0.3 is 16.0 Å². The van der Waals surface area contributed by atoms with Crippen LogP contribution in [-0.4, -0.2) is 38.0 Å². The van der Waals surface area contributed by atoms with Gasteiger partial charge >= 0.3 is 0 Å². The first-order valence-electron chi connectivity index (χ1n) is 5.52. The third-order valence-corrected chi connectivity index (χ3v) is 2.10. The number of hydrogen-bond acceptors (Lipinski definition) is 3. The van der Waals surface area contributed by atoms with Crippen molar-refractivity contribution in [2.75, 3.05) is 20.1 Å². The predicted octanol–water partition coefficient (Wildman–Crippen LogP) is 0.295. The second-order valence-corrected chi connectivity index (χ2v) is 4.84. The van der Waals surface area contributed by atoms with E-state index in [1.54, 1.807) is 6.92 Å². The van der Waals surface area contributed by atoms with Crippen molar-refractivity contribution in [3.8, 4) is 0 Å².